The Labute approximate surface area is 106 Å². The summed E-state index contributed by atoms with van der Waals surface area (Å²) in [7, 11) is 3.10. The van der Waals surface area contributed by atoms with E-state index < -0.39 is 0 Å². The van der Waals surface area contributed by atoms with Crippen LogP contribution in [0.3, 0.4) is 0 Å². The number of nitrogens with zero attached hydrogens (tertiary/aromatic N) is 1. The molecule has 0 fully saturated rings. The van der Waals surface area contributed by atoms with Crippen molar-refractivity contribution in [2.75, 3.05) is 20.8 Å². The average molecular weight is 247 g/mol. The molecule has 2 rings (SSSR count). The van der Waals surface area contributed by atoms with Gasteiger partial charge in [0.15, 0.2) is 0 Å². The molecule has 0 bridgehead atoms. The van der Waals surface area contributed by atoms with Crippen LogP contribution in [-0.4, -0.2) is 31.4 Å². The topological polar surface area (TPSA) is 40.5 Å². The van der Waals surface area contributed by atoms with Crippen LogP contribution in [0.1, 0.15) is 16.8 Å². The zero-order valence-electron chi connectivity index (χ0n) is 10.7. The lowest BCUT2D eigenvalue weighted by atomic mass is 10.1. The van der Waals surface area contributed by atoms with Crippen molar-refractivity contribution in [1.29, 1.82) is 0 Å². The number of aromatic nitrogens is 1. The molecule has 1 aromatic carbocycles. The molecule has 2 aromatic rings. The van der Waals surface area contributed by atoms with E-state index in [1.165, 1.54) is 7.11 Å². The Morgan fingerprint density at radius 3 is 2.83 bits per heavy atom. The van der Waals surface area contributed by atoms with E-state index in [1.54, 1.807) is 13.2 Å². The largest absolute Gasteiger partial charge is 0.465 e. The number of fused-ring (bicyclic) bond motifs is 1. The van der Waals surface area contributed by atoms with Crippen LogP contribution in [0.4, 0.5) is 0 Å². The lowest BCUT2D eigenvalue weighted by Crippen LogP contribution is -2.03. The Hall–Kier alpha value is -1.81. The fourth-order valence-corrected chi connectivity index (χ4v) is 2.09. The van der Waals surface area contributed by atoms with Gasteiger partial charge in [-0.05, 0) is 24.6 Å². The van der Waals surface area contributed by atoms with Crippen molar-refractivity contribution in [1.82, 2.24) is 4.57 Å². The predicted octanol–water partition coefficient (Wildman–Crippen LogP) is 2.46. The van der Waals surface area contributed by atoms with Crippen molar-refractivity contribution in [3.63, 3.8) is 0 Å². The number of carbonyl (C=O) groups is 1. The first-order valence-electron chi connectivity index (χ1n) is 5.93. The van der Waals surface area contributed by atoms with Crippen molar-refractivity contribution in [2.24, 2.45) is 0 Å². The molecule has 96 valence electrons. The molecule has 0 aliphatic rings. The van der Waals surface area contributed by atoms with Gasteiger partial charge in [0, 0.05) is 37.4 Å². The number of hydrogen-bond donors (Lipinski definition) is 0. The van der Waals surface area contributed by atoms with Crippen molar-refractivity contribution in [2.45, 2.75) is 13.0 Å². The molecule has 0 amide bonds. The van der Waals surface area contributed by atoms with E-state index >= 15 is 0 Å². The van der Waals surface area contributed by atoms with E-state index in [4.69, 9.17) is 9.47 Å². The minimum Gasteiger partial charge on any atom is -0.465 e. The minimum atomic E-state index is -0.296. The van der Waals surface area contributed by atoms with Gasteiger partial charge in [-0.25, -0.2) is 4.79 Å². The summed E-state index contributed by atoms with van der Waals surface area (Å²) in [5, 5.41) is 0.932. The van der Waals surface area contributed by atoms with Gasteiger partial charge in [-0.15, -0.1) is 0 Å². The summed E-state index contributed by atoms with van der Waals surface area (Å²) in [5.74, 6) is -0.296. The molecule has 0 saturated carbocycles. The van der Waals surface area contributed by atoms with Crippen molar-refractivity contribution in [3.8, 4) is 0 Å². The van der Waals surface area contributed by atoms with E-state index in [2.05, 4.69) is 4.57 Å². The van der Waals surface area contributed by atoms with Crippen molar-refractivity contribution < 1.29 is 14.3 Å². The third kappa shape index (κ3) is 2.38. The Morgan fingerprint density at radius 2 is 2.11 bits per heavy atom. The molecule has 4 nitrogen and oxygen atoms in total. The molecule has 0 aliphatic carbocycles. The highest BCUT2D eigenvalue weighted by atomic mass is 16.5. The molecule has 0 unspecified atom stereocenters. The number of rotatable bonds is 5. The van der Waals surface area contributed by atoms with Gasteiger partial charge >= 0.3 is 5.97 Å². The molecule has 1 aromatic heterocycles. The van der Waals surface area contributed by atoms with Gasteiger partial charge in [0.1, 0.15) is 0 Å². The summed E-state index contributed by atoms with van der Waals surface area (Å²) in [5.41, 5.74) is 1.66. The van der Waals surface area contributed by atoms with E-state index in [9.17, 15) is 4.79 Å². The van der Waals surface area contributed by atoms with Crippen LogP contribution in [-0.2, 0) is 16.0 Å². The Bertz CT molecular complexity index is 545. The van der Waals surface area contributed by atoms with Gasteiger partial charge in [-0.1, -0.05) is 6.07 Å². The number of carbonyl (C=O) groups excluding carboxylic acids is 1. The molecule has 0 spiro atoms. The van der Waals surface area contributed by atoms with Gasteiger partial charge in [-0.3, -0.25) is 0 Å². The van der Waals surface area contributed by atoms with E-state index in [-0.39, 0.29) is 5.97 Å². The van der Waals surface area contributed by atoms with Gasteiger partial charge in [-0.2, -0.15) is 0 Å². The predicted molar refractivity (Wildman–Crippen MR) is 69.8 cm³/mol. The van der Waals surface area contributed by atoms with E-state index in [0.717, 1.165) is 30.5 Å². The first-order chi connectivity index (χ1) is 8.77. The molecule has 0 radical (unpaired) electrons. The van der Waals surface area contributed by atoms with Gasteiger partial charge < -0.3 is 14.0 Å². The summed E-state index contributed by atoms with van der Waals surface area (Å²) >= 11 is 0. The van der Waals surface area contributed by atoms with Crippen LogP contribution in [0.25, 0.3) is 10.9 Å². The molecule has 0 aliphatic heterocycles. The third-order valence-corrected chi connectivity index (χ3v) is 2.97. The van der Waals surface area contributed by atoms with Gasteiger partial charge in [0.25, 0.3) is 0 Å². The number of ether oxygens (including phenoxy) is 2. The Morgan fingerprint density at radius 1 is 1.28 bits per heavy atom. The smallest absolute Gasteiger partial charge is 0.338 e. The molecule has 0 N–H and O–H groups in total. The first kappa shape index (κ1) is 12.6. The number of benzene rings is 1. The van der Waals surface area contributed by atoms with Crippen LogP contribution in [0.5, 0.6) is 0 Å². The zero-order valence-corrected chi connectivity index (χ0v) is 10.7. The number of hydrogen-bond acceptors (Lipinski definition) is 3. The molecule has 0 atom stereocenters. The fraction of sp³-hybridized carbons (Fsp3) is 0.357. The van der Waals surface area contributed by atoms with Crippen molar-refractivity contribution >= 4 is 16.9 Å². The molecular formula is C14H17NO3. The van der Waals surface area contributed by atoms with E-state index in [1.807, 2.05) is 24.4 Å². The van der Waals surface area contributed by atoms with Crippen LogP contribution in [0.15, 0.2) is 30.5 Å². The monoisotopic (exact) mass is 247 g/mol. The second kappa shape index (κ2) is 5.69. The highest BCUT2D eigenvalue weighted by Crippen LogP contribution is 2.21. The summed E-state index contributed by atoms with van der Waals surface area (Å²) in [4.78, 5) is 11.6. The summed E-state index contributed by atoms with van der Waals surface area (Å²) in [6.07, 6.45) is 2.94. The van der Waals surface area contributed by atoms with Crippen LogP contribution < -0.4 is 0 Å². The maximum absolute atomic E-state index is 11.6. The standard InChI is InChI=1S/C14H17NO3/c1-17-10-4-8-15-9-7-11-12(14(16)18-2)5-3-6-13(11)15/h3,5-7,9H,4,8,10H2,1-2H3. The minimum absolute atomic E-state index is 0.296. The van der Waals surface area contributed by atoms with Gasteiger partial charge in [0.2, 0.25) is 0 Å². The van der Waals surface area contributed by atoms with Crippen LogP contribution in [0, 0.1) is 0 Å². The quantitative estimate of drug-likeness (QED) is 0.602. The Kier molecular flexibility index (Phi) is 3.99. The average Bonchev–Trinajstić information content (AvgIpc) is 2.81. The first-order valence-corrected chi connectivity index (χ1v) is 5.93. The molecular weight excluding hydrogens is 230 g/mol. The fourth-order valence-electron chi connectivity index (χ4n) is 2.09. The maximum atomic E-state index is 11.6. The van der Waals surface area contributed by atoms with Crippen LogP contribution in [0.2, 0.25) is 0 Å². The number of esters is 1. The SMILES string of the molecule is COCCCn1ccc2c(C(=O)OC)cccc21. The molecule has 1 heterocycles. The maximum Gasteiger partial charge on any atom is 0.338 e. The second-order valence-corrected chi connectivity index (χ2v) is 4.09. The summed E-state index contributed by atoms with van der Waals surface area (Å²) < 4.78 is 12.0. The van der Waals surface area contributed by atoms with E-state index in [0.29, 0.717) is 5.56 Å². The summed E-state index contributed by atoms with van der Waals surface area (Å²) in [6, 6.07) is 7.62. The Balaban J connectivity index is 2.33. The second-order valence-electron chi connectivity index (χ2n) is 4.09. The normalized spacial score (nSPS) is 10.8. The number of methoxy groups -OCH3 is 2. The molecule has 18 heavy (non-hydrogen) atoms. The van der Waals surface area contributed by atoms with Crippen molar-refractivity contribution in [3.05, 3.63) is 36.0 Å². The van der Waals surface area contributed by atoms with Gasteiger partial charge in [0.05, 0.1) is 12.7 Å². The van der Waals surface area contributed by atoms with Crippen LogP contribution >= 0.6 is 0 Å². The summed E-state index contributed by atoms with van der Waals surface area (Å²) in [6.45, 7) is 1.61. The lowest BCUT2D eigenvalue weighted by Gasteiger charge is -2.06. The lowest BCUT2D eigenvalue weighted by molar-refractivity contribution is 0.0603. The highest BCUT2D eigenvalue weighted by Gasteiger charge is 2.11. The number of aryl methyl sites for hydroxylation is 1. The highest BCUT2D eigenvalue weighted by molar-refractivity contribution is 6.03. The third-order valence-electron chi connectivity index (χ3n) is 2.97. The molecule has 4 heteroatoms. The molecule has 0 saturated heterocycles. The zero-order chi connectivity index (χ0) is 13.0.